The number of ether oxygens (including phenoxy) is 1. The fourth-order valence-electron chi connectivity index (χ4n) is 1.79. The molecule has 0 fully saturated rings. The molecule has 0 amide bonds. The van der Waals surface area contributed by atoms with Crippen molar-refractivity contribution < 1.29 is 14.6 Å². The topological polar surface area (TPSA) is 72.5 Å². The molecular formula is C15H23NO3. The SMILES string of the molecule is CCOC(=O)C(N)Cc1cc(C(C)(C)C)ccc1O. The Morgan fingerprint density at radius 2 is 2.05 bits per heavy atom. The average molecular weight is 265 g/mol. The van der Waals surface area contributed by atoms with E-state index in [1.165, 1.54) is 0 Å². The summed E-state index contributed by atoms with van der Waals surface area (Å²) in [5.74, 6) is -0.282. The van der Waals surface area contributed by atoms with Gasteiger partial charge in [0.05, 0.1) is 6.61 Å². The monoisotopic (exact) mass is 265 g/mol. The van der Waals surface area contributed by atoms with Crippen LogP contribution in [0.2, 0.25) is 0 Å². The number of rotatable bonds is 4. The minimum Gasteiger partial charge on any atom is -0.508 e. The van der Waals surface area contributed by atoms with Gasteiger partial charge < -0.3 is 15.6 Å². The number of hydrogen-bond donors (Lipinski definition) is 2. The highest BCUT2D eigenvalue weighted by Crippen LogP contribution is 2.28. The molecule has 1 aromatic rings. The molecule has 0 heterocycles. The van der Waals surface area contributed by atoms with E-state index in [4.69, 9.17) is 10.5 Å². The molecule has 0 bridgehead atoms. The Hall–Kier alpha value is -1.55. The summed E-state index contributed by atoms with van der Waals surface area (Å²) >= 11 is 0. The largest absolute Gasteiger partial charge is 0.508 e. The first-order valence-electron chi connectivity index (χ1n) is 6.50. The van der Waals surface area contributed by atoms with Crippen LogP contribution in [0.1, 0.15) is 38.8 Å². The van der Waals surface area contributed by atoms with Gasteiger partial charge in [-0.2, -0.15) is 0 Å². The molecule has 106 valence electrons. The molecule has 0 radical (unpaired) electrons. The lowest BCUT2D eigenvalue weighted by molar-refractivity contribution is -0.144. The summed E-state index contributed by atoms with van der Waals surface area (Å²) in [6, 6.07) is 4.68. The number of nitrogens with two attached hydrogens (primary N) is 1. The van der Waals surface area contributed by atoms with Gasteiger partial charge in [0.1, 0.15) is 11.8 Å². The van der Waals surface area contributed by atoms with Gasteiger partial charge >= 0.3 is 5.97 Å². The Morgan fingerprint density at radius 1 is 1.42 bits per heavy atom. The zero-order valence-electron chi connectivity index (χ0n) is 12.1. The van der Waals surface area contributed by atoms with Crippen molar-refractivity contribution in [2.45, 2.75) is 45.6 Å². The molecule has 0 saturated carbocycles. The maximum atomic E-state index is 11.5. The van der Waals surface area contributed by atoms with Crippen LogP contribution in [-0.4, -0.2) is 23.7 Å². The summed E-state index contributed by atoms with van der Waals surface area (Å²) in [6.07, 6.45) is 0.272. The van der Waals surface area contributed by atoms with Crippen LogP contribution in [0.3, 0.4) is 0 Å². The number of carbonyl (C=O) groups excluding carboxylic acids is 1. The van der Waals surface area contributed by atoms with Crippen LogP contribution in [0, 0.1) is 0 Å². The zero-order chi connectivity index (χ0) is 14.6. The second kappa shape index (κ2) is 6.06. The number of hydrogen-bond acceptors (Lipinski definition) is 4. The van der Waals surface area contributed by atoms with Crippen molar-refractivity contribution in [2.75, 3.05) is 6.61 Å². The van der Waals surface area contributed by atoms with E-state index in [1.54, 1.807) is 13.0 Å². The van der Waals surface area contributed by atoms with Crippen molar-refractivity contribution in [1.29, 1.82) is 0 Å². The maximum absolute atomic E-state index is 11.5. The van der Waals surface area contributed by atoms with Crippen molar-refractivity contribution in [3.63, 3.8) is 0 Å². The number of carbonyl (C=O) groups is 1. The van der Waals surface area contributed by atoms with E-state index >= 15 is 0 Å². The van der Waals surface area contributed by atoms with Gasteiger partial charge in [-0.3, -0.25) is 4.79 Å². The van der Waals surface area contributed by atoms with Crippen LogP contribution < -0.4 is 5.73 Å². The molecule has 0 aliphatic rings. The lowest BCUT2D eigenvalue weighted by atomic mass is 9.85. The van der Waals surface area contributed by atoms with Gasteiger partial charge in [0.15, 0.2) is 0 Å². The van der Waals surface area contributed by atoms with Gasteiger partial charge in [-0.1, -0.05) is 32.9 Å². The Kier molecular flexibility index (Phi) is 4.95. The molecule has 1 unspecified atom stereocenters. The quantitative estimate of drug-likeness (QED) is 0.818. The summed E-state index contributed by atoms with van der Waals surface area (Å²) in [6.45, 7) is 8.32. The Balaban J connectivity index is 2.91. The summed E-state index contributed by atoms with van der Waals surface area (Å²) < 4.78 is 4.87. The van der Waals surface area contributed by atoms with Crippen LogP contribution >= 0.6 is 0 Å². The molecule has 19 heavy (non-hydrogen) atoms. The van der Waals surface area contributed by atoms with E-state index < -0.39 is 12.0 Å². The van der Waals surface area contributed by atoms with Gasteiger partial charge in [0.2, 0.25) is 0 Å². The summed E-state index contributed by atoms with van der Waals surface area (Å²) in [5.41, 5.74) is 7.53. The second-order valence-corrected chi connectivity index (χ2v) is 5.66. The van der Waals surface area contributed by atoms with Crippen molar-refractivity contribution in [2.24, 2.45) is 5.73 Å². The smallest absolute Gasteiger partial charge is 0.323 e. The first-order valence-corrected chi connectivity index (χ1v) is 6.50. The minimum absolute atomic E-state index is 0.0174. The number of esters is 1. The molecule has 0 spiro atoms. The van der Waals surface area contributed by atoms with Crippen molar-refractivity contribution in [1.82, 2.24) is 0 Å². The highest BCUT2D eigenvalue weighted by atomic mass is 16.5. The molecule has 1 rings (SSSR count). The highest BCUT2D eigenvalue weighted by molar-refractivity contribution is 5.76. The maximum Gasteiger partial charge on any atom is 0.323 e. The van der Waals surface area contributed by atoms with E-state index in [0.29, 0.717) is 12.2 Å². The molecule has 0 aliphatic heterocycles. The van der Waals surface area contributed by atoms with Gasteiger partial charge in [-0.15, -0.1) is 0 Å². The predicted octanol–water partition coefficient (Wildman–Crippen LogP) is 2.12. The number of phenols is 1. The lowest BCUT2D eigenvalue weighted by Gasteiger charge is -2.21. The number of aromatic hydroxyl groups is 1. The Bertz CT molecular complexity index is 449. The molecule has 0 saturated heterocycles. The lowest BCUT2D eigenvalue weighted by Crippen LogP contribution is -2.34. The minimum atomic E-state index is -0.749. The normalized spacial score (nSPS) is 13.1. The van der Waals surface area contributed by atoms with E-state index in [-0.39, 0.29) is 17.6 Å². The zero-order valence-corrected chi connectivity index (χ0v) is 12.1. The van der Waals surface area contributed by atoms with Crippen molar-refractivity contribution >= 4 is 5.97 Å². The van der Waals surface area contributed by atoms with Crippen molar-refractivity contribution in [3.8, 4) is 5.75 Å². The number of phenolic OH excluding ortho intramolecular Hbond substituents is 1. The average Bonchev–Trinajstić information content (AvgIpc) is 2.30. The van der Waals surface area contributed by atoms with Crippen LogP contribution in [0.15, 0.2) is 18.2 Å². The van der Waals surface area contributed by atoms with Gasteiger partial charge in [0.25, 0.3) is 0 Å². The molecule has 1 atom stereocenters. The van der Waals surface area contributed by atoms with Crippen LogP contribution in [0.4, 0.5) is 0 Å². The summed E-state index contributed by atoms with van der Waals surface area (Å²) in [5, 5.41) is 9.85. The first kappa shape index (κ1) is 15.5. The fourth-order valence-corrected chi connectivity index (χ4v) is 1.79. The predicted molar refractivity (Wildman–Crippen MR) is 75.1 cm³/mol. The summed E-state index contributed by atoms with van der Waals surface area (Å²) in [4.78, 5) is 11.5. The molecule has 4 nitrogen and oxygen atoms in total. The first-order chi connectivity index (χ1) is 8.75. The van der Waals surface area contributed by atoms with Gasteiger partial charge in [-0.25, -0.2) is 0 Å². The second-order valence-electron chi connectivity index (χ2n) is 5.66. The Morgan fingerprint density at radius 3 is 2.58 bits per heavy atom. The standard InChI is InChI=1S/C15H23NO3/c1-5-19-14(18)12(16)9-10-8-11(15(2,3)4)6-7-13(10)17/h6-8,12,17H,5,9,16H2,1-4H3. The van der Waals surface area contributed by atoms with E-state index in [9.17, 15) is 9.90 Å². The van der Waals surface area contributed by atoms with Crippen LogP contribution in [0.5, 0.6) is 5.75 Å². The molecular weight excluding hydrogens is 242 g/mol. The molecule has 0 aromatic heterocycles. The van der Waals surface area contributed by atoms with Gasteiger partial charge in [0, 0.05) is 6.42 Å². The van der Waals surface area contributed by atoms with Gasteiger partial charge in [-0.05, 0) is 29.5 Å². The third kappa shape index (κ3) is 4.24. The Labute approximate surface area is 114 Å². The van der Waals surface area contributed by atoms with E-state index in [2.05, 4.69) is 20.8 Å². The van der Waals surface area contributed by atoms with Crippen LogP contribution in [0.25, 0.3) is 0 Å². The van der Waals surface area contributed by atoms with Crippen molar-refractivity contribution in [3.05, 3.63) is 29.3 Å². The fraction of sp³-hybridized carbons (Fsp3) is 0.533. The van der Waals surface area contributed by atoms with E-state index in [1.807, 2.05) is 12.1 Å². The highest BCUT2D eigenvalue weighted by Gasteiger charge is 2.20. The third-order valence-electron chi connectivity index (χ3n) is 2.97. The molecule has 3 N–H and O–H groups in total. The van der Waals surface area contributed by atoms with E-state index in [0.717, 1.165) is 5.56 Å². The summed E-state index contributed by atoms with van der Waals surface area (Å²) in [7, 11) is 0. The third-order valence-corrected chi connectivity index (χ3v) is 2.97. The molecule has 1 aromatic carbocycles. The van der Waals surface area contributed by atoms with Crippen LogP contribution in [-0.2, 0) is 21.4 Å². The molecule has 4 heteroatoms. The molecule has 0 aliphatic carbocycles. The number of benzene rings is 1.